The van der Waals surface area contributed by atoms with E-state index in [1.165, 1.54) is 17.4 Å². The molecule has 174 valence electrons. The molecule has 2 aromatic carbocycles. The van der Waals surface area contributed by atoms with E-state index in [9.17, 15) is 14.9 Å². The summed E-state index contributed by atoms with van der Waals surface area (Å²) in [6.45, 7) is 7.71. The molecule has 0 bridgehead atoms. The minimum absolute atomic E-state index is 0.0626. The summed E-state index contributed by atoms with van der Waals surface area (Å²) in [7, 11) is 0. The van der Waals surface area contributed by atoms with Crippen molar-refractivity contribution in [2.24, 2.45) is 0 Å². The van der Waals surface area contributed by atoms with Crippen molar-refractivity contribution in [2.45, 2.75) is 33.8 Å². The van der Waals surface area contributed by atoms with Gasteiger partial charge in [-0.15, -0.1) is 11.3 Å². The maximum absolute atomic E-state index is 13.0. The first-order valence-electron chi connectivity index (χ1n) is 10.9. The minimum Gasteiger partial charge on any atom is -0.490 e. The molecule has 3 rings (SSSR count). The van der Waals surface area contributed by atoms with Crippen molar-refractivity contribution in [2.75, 3.05) is 11.9 Å². The second-order valence-corrected chi connectivity index (χ2v) is 8.65. The van der Waals surface area contributed by atoms with Gasteiger partial charge in [0.15, 0.2) is 0 Å². The van der Waals surface area contributed by atoms with E-state index in [4.69, 9.17) is 9.47 Å². The molecular formula is C27H26N2O4S. The number of benzene rings is 2. The molecule has 0 unspecified atom stereocenters. The van der Waals surface area contributed by atoms with Crippen molar-refractivity contribution in [3.63, 3.8) is 0 Å². The quantitative estimate of drug-likeness (QED) is 0.237. The van der Waals surface area contributed by atoms with Gasteiger partial charge in [-0.05, 0) is 45.4 Å². The van der Waals surface area contributed by atoms with E-state index in [1.807, 2.05) is 57.2 Å². The largest absolute Gasteiger partial charge is 0.490 e. The fourth-order valence-corrected chi connectivity index (χ4v) is 4.19. The van der Waals surface area contributed by atoms with Crippen LogP contribution in [0.5, 0.6) is 5.75 Å². The third-order valence-electron chi connectivity index (χ3n) is 4.81. The number of hydrogen-bond donors (Lipinski definition) is 1. The summed E-state index contributed by atoms with van der Waals surface area (Å²) in [5, 5.41) is 14.5. The van der Waals surface area contributed by atoms with Gasteiger partial charge in [-0.3, -0.25) is 4.79 Å². The van der Waals surface area contributed by atoms with Crippen molar-refractivity contribution >= 4 is 34.3 Å². The molecule has 7 heteroatoms. The molecule has 0 saturated carbocycles. The predicted octanol–water partition coefficient (Wildman–Crippen LogP) is 6.23. The van der Waals surface area contributed by atoms with Gasteiger partial charge >= 0.3 is 5.97 Å². The first kappa shape index (κ1) is 24.7. The van der Waals surface area contributed by atoms with Gasteiger partial charge in [0.05, 0.1) is 12.7 Å². The third-order valence-corrected chi connectivity index (χ3v) is 5.70. The van der Waals surface area contributed by atoms with E-state index < -0.39 is 11.9 Å². The van der Waals surface area contributed by atoms with E-state index in [0.717, 1.165) is 11.1 Å². The van der Waals surface area contributed by atoms with Gasteiger partial charge in [0, 0.05) is 16.5 Å². The van der Waals surface area contributed by atoms with Crippen LogP contribution in [0.15, 0.2) is 59.5 Å². The number of thiophene rings is 1. The van der Waals surface area contributed by atoms with Gasteiger partial charge in [0.1, 0.15) is 28.0 Å². The highest BCUT2D eigenvalue weighted by atomic mass is 32.1. The summed E-state index contributed by atoms with van der Waals surface area (Å²) in [5.74, 6) is -0.583. The summed E-state index contributed by atoms with van der Waals surface area (Å²) in [6, 6.07) is 16.9. The number of aryl methyl sites for hydroxylation is 1. The van der Waals surface area contributed by atoms with Crippen LogP contribution in [-0.4, -0.2) is 24.6 Å². The Bertz CT molecular complexity index is 1250. The molecule has 1 heterocycles. The van der Waals surface area contributed by atoms with Crippen LogP contribution in [0.2, 0.25) is 0 Å². The van der Waals surface area contributed by atoms with Crippen LogP contribution in [0.4, 0.5) is 5.00 Å². The first-order chi connectivity index (χ1) is 16.3. The fraction of sp³-hybridized carbons (Fsp3) is 0.222. The van der Waals surface area contributed by atoms with Gasteiger partial charge in [0.25, 0.3) is 5.91 Å². The molecule has 0 aliphatic heterocycles. The summed E-state index contributed by atoms with van der Waals surface area (Å²) in [4.78, 5) is 25.8. The molecule has 0 spiro atoms. The van der Waals surface area contributed by atoms with Crippen molar-refractivity contribution in [3.05, 3.63) is 76.2 Å². The molecule has 0 saturated heterocycles. The van der Waals surface area contributed by atoms with E-state index in [-0.39, 0.29) is 23.8 Å². The molecule has 34 heavy (non-hydrogen) atoms. The number of nitrogens with zero attached hydrogens (tertiary/aromatic N) is 1. The maximum Gasteiger partial charge on any atom is 0.341 e. The molecule has 0 aliphatic rings. The zero-order valence-corrected chi connectivity index (χ0v) is 20.4. The zero-order valence-electron chi connectivity index (χ0n) is 19.5. The normalized spacial score (nSPS) is 11.1. The average molecular weight is 475 g/mol. The van der Waals surface area contributed by atoms with Crippen molar-refractivity contribution in [1.82, 2.24) is 0 Å². The molecule has 1 aromatic heterocycles. The Labute approximate surface area is 203 Å². The highest BCUT2D eigenvalue weighted by Gasteiger charge is 2.24. The summed E-state index contributed by atoms with van der Waals surface area (Å²) in [5.41, 5.74) is 3.36. The number of amides is 1. The lowest BCUT2D eigenvalue weighted by molar-refractivity contribution is -0.112. The van der Waals surface area contributed by atoms with Crippen LogP contribution in [0.3, 0.4) is 0 Å². The number of ether oxygens (including phenoxy) is 2. The lowest BCUT2D eigenvalue weighted by Crippen LogP contribution is -2.16. The van der Waals surface area contributed by atoms with Gasteiger partial charge in [-0.1, -0.05) is 48.0 Å². The average Bonchev–Trinajstić information content (AvgIpc) is 3.22. The number of rotatable bonds is 8. The number of esters is 1. The molecular weight excluding hydrogens is 448 g/mol. The van der Waals surface area contributed by atoms with Crippen LogP contribution in [-0.2, 0) is 9.53 Å². The molecule has 0 fully saturated rings. The Morgan fingerprint density at radius 2 is 1.85 bits per heavy atom. The van der Waals surface area contributed by atoms with E-state index >= 15 is 0 Å². The highest BCUT2D eigenvalue weighted by molar-refractivity contribution is 7.15. The van der Waals surface area contributed by atoms with Crippen LogP contribution in [0.1, 0.15) is 42.3 Å². The third kappa shape index (κ3) is 5.91. The molecule has 6 nitrogen and oxygen atoms in total. The lowest BCUT2D eigenvalue weighted by atomic mass is 10.0. The Balaban J connectivity index is 1.96. The van der Waals surface area contributed by atoms with Gasteiger partial charge in [-0.2, -0.15) is 5.26 Å². The van der Waals surface area contributed by atoms with Gasteiger partial charge < -0.3 is 14.8 Å². The Morgan fingerprint density at radius 1 is 1.15 bits per heavy atom. The number of carbonyl (C=O) groups excluding carboxylic acids is 2. The summed E-state index contributed by atoms with van der Waals surface area (Å²) >= 11 is 1.21. The fourth-order valence-electron chi connectivity index (χ4n) is 3.24. The van der Waals surface area contributed by atoms with Crippen molar-refractivity contribution < 1.29 is 19.1 Å². The molecule has 0 atom stereocenters. The van der Waals surface area contributed by atoms with Gasteiger partial charge in [0.2, 0.25) is 0 Å². The Morgan fingerprint density at radius 3 is 2.50 bits per heavy atom. The number of nitrogens with one attached hydrogen (secondary N) is 1. The molecule has 1 N–H and O–H groups in total. The highest BCUT2D eigenvalue weighted by Crippen LogP contribution is 2.36. The van der Waals surface area contributed by atoms with E-state index in [0.29, 0.717) is 21.9 Å². The summed E-state index contributed by atoms with van der Waals surface area (Å²) < 4.78 is 11.0. The van der Waals surface area contributed by atoms with Crippen LogP contribution in [0, 0.1) is 18.3 Å². The molecule has 3 aromatic rings. The monoisotopic (exact) mass is 474 g/mol. The van der Waals surface area contributed by atoms with E-state index in [2.05, 4.69) is 5.32 Å². The standard InChI is InChI=1S/C27H26N2O4S/c1-5-32-27(31)24-22(19-12-10-18(4)11-13-19)16-34-26(24)29-25(30)21(15-28)14-20-8-6-7-9-23(20)33-17(2)3/h6-14,16-17H,5H2,1-4H3,(H,29,30)/b21-14+. The number of nitriles is 1. The zero-order chi connectivity index (χ0) is 24.7. The molecule has 1 amide bonds. The minimum atomic E-state index is -0.621. The number of anilines is 1. The van der Waals surface area contributed by atoms with Crippen molar-refractivity contribution in [1.29, 1.82) is 5.26 Å². The SMILES string of the molecule is CCOC(=O)c1c(-c2ccc(C)cc2)csc1NC(=O)/C(C#N)=C/c1ccccc1OC(C)C. The topological polar surface area (TPSA) is 88.4 Å². The predicted molar refractivity (Wildman–Crippen MR) is 135 cm³/mol. The van der Waals surface area contributed by atoms with E-state index in [1.54, 1.807) is 30.5 Å². The van der Waals surface area contributed by atoms with Crippen LogP contribution >= 0.6 is 11.3 Å². The smallest absolute Gasteiger partial charge is 0.341 e. The second kappa shape index (κ2) is 11.3. The number of carbonyl (C=O) groups is 2. The Kier molecular flexibility index (Phi) is 8.23. The number of para-hydroxylation sites is 1. The molecule has 0 radical (unpaired) electrons. The summed E-state index contributed by atoms with van der Waals surface area (Å²) in [6.07, 6.45) is 1.42. The molecule has 0 aliphatic carbocycles. The lowest BCUT2D eigenvalue weighted by Gasteiger charge is -2.12. The van der Waals surface area contributed by atoms with Crippen LogP contribution in [0.25, 0.3) is 17.2 Å². The van der Waals surface area contributed by atoms with Crippen LogP contribution < -0.4 is 10.1 Å². The van der Waals surface area contributed by atoms with Gasteiger partial charge in [-0.25, -0.2) is 4.79 Å². The number of hydrogen-bond acceptors (Lipinski definition) is 6. The Hall–Kier alpha value is -3.89. The second-order valence-electron chi connectivity index (χ2n) is 7.77. The van der Waals surface area contributed by atoms with Crippen molar-refractivity contribution in [3.8, 4) is 22.9 Å². The maximum atomic E-state index is 13.0. The first-order valence-corrected chi connectivity index (χ1v) is 11.8.